The zero-order chi connectivity index (χ0) is 21.9. The summed E-state index contributed by atoms with van der Waals surface area (Å²) in [5.41, 5.74) is -0.963. The van der Waals surface area contributed by atoms with Gasteiger partial charge in [-0.05, 0) is 13.8 Å². The molecule has 0 saturated heterocycles. The Bertz CT molecular complexity index is 911. The molecule has 12 nitrogen and oxygen atoms in total. The summed E-state index contributed by atoms with van der Waals surface area (Å²) in [6.45, 7) is 2.66. The lowest BCUT2D eigenvalue weighted by Crippen LogP contribution is -2.36. The number of carbonyl (C=O) groups excluding carboxylic acids is 2. The van der Waals surface area contributed by atoms with Crippen LogP contribution in [0, 0.1) is 20.2 Å². The molecule has 0 fully saturated rings. The summed E-state index contributed by atoms with van der Waals surface area (Å²) in [4.78, 5) is 51.4. The summed E-state index contributed by atoms with van der Waals surface area (Å²) in [5.74, 6) is -3.17. The SMILES string of the molecule is COC(=O)C1=C(C)N(O[N+](=O)[O-])C(C)=C(C(=O)OC)C1c1ccccc1[N+](=O)[O-]. The second kappa shape index (κ2) is 8.37. The summed E-state index contributed by atoms with van der Waals surface area (Å²) in [5, 5.41) is 22.0. The number of allylic oxidation sites excluding steroid dienone is 2. The minimum Gasteiger partial charge on any atom is -0.466 e. The first kappa shape index (κ1) is 21.3. The Morgan fingerprint density at radius 3 is 1.86 bits per heavy atom. The number of hydrogen-bond acceptors (Lipinski definition) is 10. The number of nitro groups is 1. The van der Waals surface area contributed by atoms with Crippen molar-refractivity contribution in [3.05, 3.63) is 72.6 Å². The van der Waals surface area contributed by atoms with Gasteiger partial charge in [0.15, 0.2) is 0 Å². The molecule has 154 valence electrons. The Kier molecular flexibility index (Phi) is 6.16. The van der Waals surface area contributed by atoms with Crippen LogP contribution in [0.1, 0.15) is 25.3 Å². The molecule has 0 unspecified atom stereocenters. The highest BCUT2D eigenvalue weighted by molar-refractivity contribution is 6.00. The lowest BCUT2D eigenvalue weighted by atomic mass is 9.79. The van der Waals surface area contributed by atoms with Crippen molar-refractivity contribution in [2.24, 2.45) is 0 Å². The van der Waals surface area contributed by atoms with E-state index in [0.29, 0.717) is 5.06 Å². The van der Waals surface area contributed by atoms with E-state index < -0.39 is 27.9 Å². The third kappa shape index (κ3) is 3.85. The molecule has 0 N–H and O–H groups in total. The Morgan fingerprint density at radius 1 is 0.966 bits per heavy atom. The maximum absolute atomic E-state index is 12.6. The average Bonchev–Trinajstić information content (AvgIpc) is 2.69. The number of hydrogen-bond donors (Lipinski definition) is 0. The van der Waals surface area contributed by atoms with Gasteiger partial charge in [-0.1, -0.05) is 18.2 Å². The smallest absolute Gasteiger partial charge is 0.336 e. The topological polar surface area (TPSA) is 151 Å². The molecule has 0 radical (unpaired) electrons. The van der Waals surface area contributed by atoms with Gasteiger partial charge in [0.25, 0.3) is 5.69 Å². The van der Waals surface area contributed by atoms with Crippen LogP contribution in [0.2, 0.25) is 0 Å². The molecule has 12 heteroatoms. The van der Waals surface area contributed by atoms with Crippen molar-refractivity contribution in [1.29, 1.82) is 0 Å². The van der Waals surface area contributed by atoms with Gasteiger partial charge in [0.1, 0.15) is 0 Å². The monoisotopic (exact) mass is 407 g/mol. The molecule has 0 amide bonds. The van der Waals surface area contributed by atoms with Gasteiger partial charge >= 0.3 is 17.0 Å². The number of carbonyl (C=O) groups is 2. The maximum Gasteiger partial charge on any atom is 0.336 e. The molecule has 1 aromatic carbocycles. The summed E-state index contributed by atoms with van der Waals surface area (Å²) < 4.78 is 9.54. The average molecular weight is 407 g/mol. The molecule has 1 aliphatic rings. The number of rotatable bonds is 6. The quantitative estimate of drug-likeness (QED) is 0.389. The van der Waals surface area contributed by atoms with Crippen LogP contribution < -0.4 is 0 Å². The number of nitrogens with zero attached hydrogens (tertiary/aromatic N) is 3. The molecule has 1 heterocycles. The Labute approximate surface area is 164 Å². The van der Waals surface area contributed by atoms with Crippen LogP contribution in [-0.4, -0.2) is 41.2 Å². The molecular formula is C17H17N3O9. The van der Waals surface area contributed by atoms with E-state index in [1.165, 1.54) is 38.1 Å². The van der Waals surface area contributed by atoms with Crippen LogP contribution in [0.25, 0.3) is 0 Å². The highest BCUT2D eigenvalue weighted by Crippen LogP contribution is 2.45. The van der Waals surface area contributed by atoms with Crippen molar-refractivity contribution in [2.75, 3.05) is 14.2 Å². The van der Waals surface area contributed by atoms with Crippen molar-refractivity contribution in [1.82, 2.24) is 5.06 Å². The second-order valence-corrected chi connectivity index (χ2v) is 5.83. The van der Waals surface area contributed by atoms with Gasteiger partial charge in [0, 0.05) is 11.6 Å². The number of benzene rings is 1. The van der Waals surface area contributed by atoms with Crippen molar-refractivity contribution >= 4 is 17.6 Å². The summed E-state index contributed by atoms with van der Waals surface area (Å²) in [6.07, 6.45) is 0. The number of methoxy groups -OCH3 is 2. The van der Waals surface area contributed by atoms with Crippen molar-refractivity contribution in [2.45, 2.75) is 19.8 Å². The standard InChI is InChI=1S/C17H17N3O9/c1-9-13(16(21)27-3)15(11-7-5-6-8-12(11)19(23)24)14(17(22)28-4)10(2)18(9)29-20(25)26/h5-8,15H,1-4H3. The largest absolute Gasteiger partial charge is 0.466 e. The Morgan fingerprint density at radius 2 is 1.45 bits per heavy atom. The number of esters is 2. The molecule has 0 spiro atoms. The van der Waals surface area contributed by atoms with Crippen LogP contribution in [0.15, 0.2) is 46.8 Å². The van der Waals surface area contributed by atoms with Crippen LogP contribution in [0.4, 0.5) is 5.69 Å². The van der Waals surface area contributed by atoms with Gasteiger partial charge in [-0.25, -0.2) is 9.59 Å². The van der Waals surface area contributed by atoms with Gasteiger partial charge in [0.2, 0.25) is 0 Å². The van der Waals surface area contributed by atoms with E-state index in [0.717, 1.165) is 14.2 Å². The fourth-order valence-electron chi connectivity index (χ4n) is 3.18. The highest BCUT2D eigenvalue weighted by Gasteiger charge is 2.43. The van der Waals surface area contributed by atoms with Gasteiger partial charge < -0.3 is 9.47 Å². The number of nitro benzene ring substituents is 1. The molecule has 1 aliphatic heterocycles. The zero-order valence-electron chi connectivity index (χ0n) is 15.9. The molecule has 0 aromatic heterocycles. The zero-order valence-corrected chi connectivity index (χ0v) is 15.9. The lowest BCUT2D eigenvalue weighted by Gasteiger charge is -2.34. The fourth-order valence-corrected chi connectivity index (χ4v) is 3.18. The van der Waals surface area contributed by atoms with Crippen molar-refractivity contribution in [3.8, 4) is 0 Å². The van der Waals surface area contributed by atoms with Crippen molar-refractivity contribution in [3.63, 3.8) is 0 Å². The van der Waals surface area contributed by atoms with Crippen LogP contribution in [0.5, 0.6) is 0 Å². The summed E-state index contributed by atoms with van der Waals surface area (Å²) >= 11 is 0. The minimum atomic E-state index is -1.27. The van der Waals surface area contributed by atoms with Crippen LogP contribution in [0.3, 0.4) is 0 Å². The lowest BCUT2D eigenvalue weighted by molar-refractivity contribution is -0.803. The van der Waals surface area contributed by atoms with E-state index in [4.69, 9.17) is 9.47 Å². The first-order chi connectivity index (χ1) is 13.6. The molecule has 29 heavy (non-hydrogen) atoms. The first-order valence-electron chi connectivity index (χ1n) is 8.09. The molecule has 0 bridgehead atoms. The van der Waals surface area contributed by atoms with Crippen LogP contribution >= 0.6 is 0 Å². The third-order valence-electron chi connectivity index (χ3n) is 4.37. The van der Waals surface area contributed by atoms with Gasteiger partial charge in [0.05, 0.1) is 47.6 Å². The van der Waals surface area contributed by atoms with Crippen molar-refractivity contribution < 1.29 is 34.0 Å². The predicted molar refractivity (Wildman–Crippen MR) is 95.2 cm³/mol. The first-order valence-corrected chi connectivity index (χ1v) is 8.09. The Hall–Kier alpha value is -3.96. The molecule has 0 saturated carbocycles. The summed E-state index contributed by atoms with van der Waals surface area (Å²) in [6, 6.07) is 5.51. The van der Waals surface area contributed by atoms with Gasteiger partial charge in [-0.15, -0.1) is 10.1 Å². The van der Waals surface area contributed by atoms with Gasteiger partial charge in [-0.2, -0.15) is 10.0 Å². The second-order valence-electron chi connectivity index (χ2n) is 5.83. The van der Waals surface area contributed by atoms with E-state index in [1.54, 1.807) is 0 Å². The minimum absolute atomic E-state index is 0.0118. The van der Waals surface area contributed by atoms with E-state index >= 15 is 0 Å². The third-order valence-corrected chi connectivity index (χ3v) is 4.37. The normalized spacial score (nSPS) is 14.6. The fraction of sp³-hybridized carbons (Fsp3) is 0.294. The van der Waals surface area contributed by atoms with Crippen LogP contribution in [-0.2, 0) is 24.0 Å². The predicted octanol–water partition coefficient (Wildman–Crippen LogP) is 2.01. The molecular weight excluding hydrogens is 390 g/mol. The van der Waals surface area contributed by atoms with E-state index in [1.807, 2.05) is 0 Å². The van der Waals surface area contributed by atoms with E-state index in [-0.39, 0.29) is 33.8 Å². The molecule has 2 rings (SSSR count). The van der Waals surface area contributed by atoms with E-state index in [9.17, 15) is 29.8 Å². The molecule has 0 atom stereocenters. The number of para-hydroxylation sites is 1. The number of hydroxylamine groups is 2. The maximum atomic E-state index is 12.6. The number of ether oxygens (including phenoxy) is 2. The summed E-state index contributed by atoms with van der Waals surface area (Å²) in [7, 11) is 2.14. The van der Waals surface area contributed by atoms with E-state index in [2.05, 4.69) is 4.94 Å². The molecule has 0 aliphatic carbocycles. The Balaban J connectivity index is 2.91. The molecule has 1 aromatic rings. The van der Waals surface area contributed by atoms with Gasteiger partial charge in [-0.3, -0.25) is 10.1 Å². The highest BCUT2D eigenvalue weighted by atomic mass is 17.0.